The fraction of sp³-hybridized carbons (Fsp3) is 0.529. The molecule has 1 N–H and O–H groups in total. The normalized spacial score (nSPS) is 13.2. The van der Waals surface area contributed by atoms with Crippen LogP contribution in [0.3, 0.4) is 0 Å². The molecule has 0 saturated carbocycles. The zero-order chi connectivity index (χ0) is 14.5. The molecule has 1 atom stereocenters. The summed E-state index contributed by atoms with van der Waals surface area (Å²) in [5.41, 5.74) is 0. The lowest BCUT2D eigenvalue weighted by Crippen LogP contribution is -2.20. The van der Waals surface area contributed by atoms with Crippen LogP contribution in [0.5, 0.6) is 0 Å². The summed E-state index contributed by atoms with van der Waals surface area (Å²) in [6.45, 7) is 7.65. The highest BCUT2D eigenvalue weighted by Crippen LogP contribution is 2.32. The van der Waals surface area contributed by atoms with Crippen molar-refractivity contribution in [3.05, 3.63) is 35.0 Å². The van der Waals surface area contributed by atoms with E-state index in [4.69, 9.17) is 0 Å². The van der Waals surface area contributed by atoms with Gasteiger partial charge in [-0.2, -0.15) is 0 Å². The lowest BCUT2D eigenvalue weighted by atomic mass is 10.0. The largest absolute Gasteiger partial charge is 0.310 e. The predicted molar refractivity (Wildman–Crippen MR) is 86.9 cm³/mol. The van der Waals surface area contributed by atoms with Crippen LogP contribution in [0.1, 0.15) is 51.0 Å². The second-order valence-corrected chi connectivity index (χ2v) is 6.88. The molecule has 20 heavy (non-hydrogen) atoms. The smallest absolute Gasteiger partial charge is 0.123 e. The molecule has 0 aliphatic carbocycles. The Morgan fingerprint density at radius 1 is 1.20 bits per heavy atom. The second-order valence-electron chi connectivity index (χ2n) is 5.77. The summed E-state index contributed by atoms with van der Waals surface area (Å²) in [5.74, 6) is 0.607. The van der Waals surface area contributed by atoms with Gasteiger partial charge in [0.1, 0.15) is 5.82 Å². The molecule has 0 spiro atoms. The van der Waals surface area contributed by atoms with E-state index in [0.29, 0.717) is 6.04 Å². The molecule has 0 fully saturated rings. The van der Waals surface area contributed by atoms with Gasteiger partial charge in [0.2, 0.25) is 0 Å². The number of hydrogen-bond acceptors (Lipinski definition) is 2. The molecule has 1 unspecified atom stereocenters. The first-order valence-corrected chi connectivity index (χ1v) is 8.34. The Bertz CT molecular complexity index is 547. The number of hydrogen-bond donors (Lipinski definition) is 1. The van der Waals surface area contributed by atoms with E-state index in [1.165, 1.54) is 22.4 Å². The maximum atomic E-state index is 13.3. The molecule has 1 heterocycles. The van der Waals surface area contributed by atoms with Gasteiger partial charge in [0.25, 0.3) is 0 Å². The molecular weight excluding hydrogens is 269 g/mol. The van der Waals surface area contributed by atoms with Crippen LogP contribution in [0, 0.1) is 11.7 Å². The van der Waals surface area contributed by atoms with Gasteiger partial charge in [-0.1, -0.05) is 33.6 Å². The van der Waals surface area contributed by atoms with Crippen LogP contribution in [0.4, 0.5) is 4.39 Å². The van der Waals surface area contributed by atoms with Crippen LogP contribution in [0.2, 0.25) is 0 Å². The highest BCUT2D eigenvalue weighted by Gasteiger charge is 2.14. The van der Waals surface area contributed by atoms with E-state index in [2.05, 4.69) is 32.2 Å². The van der Waals surface area contributed by atoms with Crippen molar-refractivity contribution in [2.24, 2.45) is 5.92 Å². The SMILES string of the molecule is CCNC(CCCC(C)C)c1cc2cc(F)ccc2s1. The Kier molecular flexibility index (Phi) is 5.55. The van der Waals surface area contributed by atoms with Gasteiger partial charge in [0, 0.05) is 15.6 Å². The minimum atomic E-state index is -0.151. The zero-order valence-corrected chi connectivity index (χ0v) is 13.4. The summed E-state index contributed by atoms with van der Waals surface area (Å²) in [6.07, 6.45) is 3.65. The van der Waals surface area contributed by atoms with Crippen molar-refractivity contribution in [1.29, 1.82) is 0 Å². The van der Waals surface area contributed by atoms with E-state index in [0.717, 1.165) is 24.3 Å². The van der Waals surface area contributed by atoms with Gasteiger partial charge in [0.15, 0.2) is 0 Å². The van der Waals surface area contributed by atoms with Gasteiger partial charge in [-0.3, -0.25) is 0 Å². The van der Waals surface area contributed by atoms with Crippen LogP contribution >= 0.6 is 11.3 Å². The van der Waals surface area contributed by atoms with Gasteiger partial charge in [0.05, 0.1) is 0 Å². The van der Waals surface area contributed by atoms with E-state index in [1.807, 2.05) is 6.07 Å². The minimum absolute atomic E-state index is 0.151. The molecule has 1 aromatic heterocycles. The van der Waals surface area contributed by atoms with Crippen LogP contribution in [0.25, 0.3) is 10.1 Å². The fourth-order valence-electron chi connectivity index (χ4n) is 2.53. The van der Waals surface area contributed by atoms with Crippen molar-refractivity contribution < 1.29 is 4.39 Å². The third-order valence-corrected chi connectivity index (χ3v) is 4.80. The van der Waals surface area contributed by atoms with Crippen LogP contribution in [0.15, 0.2) is 24.3 Å². The summed E-state index contributed by atoms with van der Waals surface area (Å²) < 4.78 is 14.4. The summed E-state index contributed by atoms with van der Waals surface area (Å²) in [4.78, 5) is 1.33. The van der Waals surface area contributed by atoms with Crippen molar-refractivity contribution >= 4 is 21.4 Å². The Morgan fingerprint density at radius 2 is 2.00 bits per heavy atom. The summed E-state index contributed by atoms with van der Waals surface area (Å²) in [5, 5.41) is 4.59. The average molecular weight is 293 g/mol. The van der Waals surface area contributed by atoms with Gasteiger partial charge < -0.3 is 5.32 Å². The number of benzene rings is 1. The average Bonchev–Trinajstić information content (AvgIpc) is 2.80. The molecule has 110 valence electrons. The first kappa shape index (κ1) is 15.5. The van der Waals surface area contributed by atoms with Gasteiger partial charge in [-0.25, -0.2) is 4.39 Å². The Labute approximate surface area is 125 Å². The molecule has 0 aliphatic heterocycles. The Hall–Kier alpha value is -0.930. The maximum absolute atomic E-state index is 13.3. The number of fused-ring (bicyclic) bond motifs is 1. The van der Waals surface area contributed by atoms with Crippen molar-refractivity contribution in [1.82, 2.24) is 5.32 Å². The van der Waals surface area contributed by atoms with Crippen LogP contribution < -0.4 is 5.32 Å². The number of rotatable bonds is 7. The highest BCUT2D eigenvalue weighted by atomic mass is 32.1. The molecule has 0 bridgehead atoms. The predicted octanol–water partition coefficient (Wildman–Crippen LogP) is 5.52. The molecule has 0 radical (unpaired) electrons. The molecule has 1 aromatic carbocycles. The quantitative estimate of drug-likeness (QED) is 0.709. The Morgan fingerprint density at radius 3 is 2.70 bits per heavy atom. The first-order valence-electron chi connectivity index (χ1n) is 7.52. The Balaban J connectivity index is 2.13. The molecule has 2 rings (SSSR count). The number of halogens is 1. The van der Waals surface area contributed by atoms with E-state index >= 15 is 0 Å². The van der Waals surface area contributed by atoms with Crippen molar-refractivity contribution in [3.63, 3.8) is 0 Å². The van der Waals surface area contributed by atoms with E-state index in [-0.39, 0.29) is 5.82 Å². The van der Waals surface area contributed by atoms with E-state index in [1.54, 1.807) is 23.5 Å². The van der Waals surface area contributed by atoms with Crippen LogP contribution in [-0.2, 0) is 0 Å². The number of thiophene rings is 1. The molecule has 0 amide bonds. The standard InChI is InChI=1S/C17H24FNS/c1-4-19-15(7-5-6-12(2)3)17-11-13-10-14(18)8-9-16(13)20-17/h8-12,15,19H,4-7H2,1-3H3. The molecule has 3 heteroatoms. The molecule has 2 aromatic rings. The van der Waals surface area contributed by atoms with Gasteiger partial charge in [-0.15, -0.1) is 11.3 Å². The molecule has 0 aliphatic rings. The van der Waals surface area contributed by atoms with Crippen molar-refractivity contribution in [3.8, 4) is 0 Å². The number of nitrogens with one attached hydrogen (secondary N) is 1. The molecular formula is C17H24FNS. The zero-order valence-electron chi connectivity index (χ0n) is 12.6. The van der Waals surface area contributed by atoms with Crippen molar-refractivity contribution in [2.45, 2.75) is 46.1 Å². The molecule has 0 saturated heterocycles. The minimum Gasteiger partial charge on any atom is -0.310 e. The monoisotopic (exact) mass is 293 g/mol. The van der Waals surface area contributed by atoms with Gasteiger partial charge >= 0.3 is 0 Å². The van der Waals surface area contributed by atoms with Gasteiger partial charge in [-0.05, 0) is 48.5 Å². The summed E-state index contributed by atoms with van der Waals surface area (Å²) >= 11 is 1.78. The van der Waals surface area contributed by atoms with E-state index < -0.39 is 0 Å². The topological polar surface area (TPSA) is 12.0 Å². The van der Waals surface area contributed by atoms with E-state index in [9.17, 15) is 4.39 Å². The van der Waals surface area contributed by atoms with Crippen molar-refractivity contribution in [2.75, 3.05) is 6.54 Å². The lowest BCUT2D eigenvalue weighted by Gasteiger charge is -2.16. The third kappa shape index (κ3) is 4.03. The third-order valence-electron chi connectivity index (χ3n) is 3.57. The first-order chi connectivity index (χ1) is 9.60. The lowest BCUT2D eigenvalue weighted by molar-refractivity contribution is 0.460. The second kappa shape index (κ2) is 7.19. The highest BCUT2D eigenvalue weighted by molar-refractivity contribution is 7.19. The van der Waals surface area contributed by atoms with Crippen LogP contribution in [-0.4, -0.2) is 6.54 Å². The summed E-state index contributed by atoms with van der Waals surface area (Å²) in [7, 11) is 0. The fourth-order valence-corrected chi connectivity index (χ4v) is 3.68. The summed E-state index contributed by atoms with van der Waals surface area (Å²) in [6, 6.07) is 7.61. The molecule has 1 nitrogen and oxygen atoms in total. The maximum Gasteiger partial charge on any atom is 0.123 e.